The molecule has 0 atom stereocenters. The molecule has 1 aliphatic heterocycles. The lowest BCUT2D eigenvalue weighted by molar-refractivity contribution is 0.0735. The third-order valence-electron chi connectivity index (χ3n) is 4.78. The maximum Gasteiger partial charge on any atom is 0.278 e. The summed E-state index contributed by atoms with van der Waals surface area (Å²) >= 11 is 1.51. The number of benzene rings is 1. The zero-order valence-electron chi connectivity index (χ0n) is 16.5. The Balaban J connectivity index is 1.58. The molecule has 0 radical (unpaired) electrons. The van der Waals surface area contributed by atoms with Crippen LogP contribution in [0.3, 0.4) is 0 Å². The predicted molar refractivity (Wildman–Crippen MR) is 111 cm³/mol. The van der Waals surface area contributed by atoms with E-state index in [9.17, 15) is 14.7 Å². The number of aromatic hydroxyl groups is 1. The zero-order chi connectivity index (χ0) is 21.3. The van der Waals surface area contributed by atoms with Crippen molar-refractivity contribution in [3.8, 4) is 17.2 Å². The summed E-state index contributed by atoms with van der Waals surface area (Å²) in [7, 11) is 1.48. The highest BCUT2D eigenvalue weighted by molar-refractivity contribution is 7.15. The summed E-state index contributed by atoms with van der Waals surface area (Å²) < 4.78 is 6.35. The van der Waals surface area contributed by atoms with E-state index in [4.69, 9.17) is 4.74 Å². The van der Waals surface area contributed by atoms with Crippen molar-refractivity contribution in [2.75, 3.05) is 38.2 Å². The van der Waals surface area contributed by atoms with Gasteiger partial charge < -0.3 is 19.6 Å². The predicted octanol–water partition coefficient (Wildman–Crippen LogP) is 1.07. The van der Waals surface area contributed by atoms with Gasteiger partial charge in [0.25, 0.3) is 11.5 Å². The standard InChI is InChI=1S/C19H20N6O4S/c1-12-20-21-19(30-12)24-9-7-23(8-10-24)18(28)17-14(26)11-16(27)25(22-17)13-5-3-4-6-15(13)29-2/h3-6,11,26H,7-10H2,1-2H3. The van der Waals surface area contributed by atoms with Gasteiger partial charge in [0, 0.05) is 32.2 Å². The molecule has 0 unspecified atom stereocenters. The first-order valence-electron chi connectivity index (χ1n) is 9.29. The monoisotopic (exact) mass is 428 g/mol. The van der Waals surface area contributed by atoms with Gasteiger partial charge in [0.1, 0.15) is 16.4 Å². The van der Waals surface area contributed by atoms with Gasteiger partial charge in [-0.05, 0) is 19.1 Å². The minimum absolute atomic E-state index is 0.180. The highest BCUT2D eigenvalue weighted by Crippen LogP contribution is 2.24. The Kier molecular flexibility index (Phi) is 5.36. The van der Waals surface area contributed by atoms with Crippen molar-refractivity contribution in [2.45, 2.75) is 6.92 Å². The van der Waals surface area contributed by atoms with E-state index in [1.165, 1.54) is 18.4 Å². The number of aromatic nitrogens is 4. The second kappa shape index (κ2) is 8.11. The van der Waals surface area contributed by atoms with Gasteiger partial charge in [-0.15, -0.1) is 10.2 Å². The number of hydrogen-bond acceptors (Lipinski definition) is 9. The largest absolute Gasteiger partial charge is 0.505 e. The third-order valence-corrected chi connectivity index (χ3v) is 5.68. The van der Waals surface area contributed by atoms with Crippen molar-refractivity contribution in [3.63, 3.8) is 0 Å². The highest BCUT2D eigenvalue weighted by atomic mass is 32.1. The minimum Gasteiger partial charge on any atom is -0.505 e. The Morgan fingerprint density at radius 2 is 1.90 bits per heavy atom. The number of ether oxygens (including phenoxy) is 1. The lowest BCUT2D eigenvalue weighted by Gasteiger charge is -2.34. The van der Waals surface area contributed by atoms with Crippen LogP contribution in [0.25, 0.3) is 5.69 Å². The molecule has 2 aromatic heterocycles. The molecule has 156 valence electrons. The number of amides is 1. The quantitative estimate of drug-likeness (QED) is 0.656. The summed E-state index contributed by atoms with van der Waals surface area (Å²) in [5, 5.41) is 24.3. The van der Waals surface area contributed by atoms with E-state index < -0.39 is 17.2 Å². The molecule has 1 N–H and O–H groups in total. The first-order valence-corrected chi connectivity index (χ1v) is 10.1. The average Bonchev–Trinajstić information content (AvgIpc) is 3.20. The lowest BCUT2D eigenvalue weighted by Crippen LogP contribution is -2.49. The van der Waals surface area contributed by atoms with Gasteiger partial charge in [-0.3, -0.25) is 9.59 Å². The molecule has 0 spiro atoms. The molecule has 11 heteroatoms. The second-order valence-corrected chi connectivity index (χ2v) is 7.84. The van der Waals surface area contributed by atoms with Crippen molar-refractivity contribution >= 4 is 22.4 Å². The second-order valence-electron chi connectivity index (χ2n) is 6.68. The number of aryl methyl sites for hydroxylation is 1. The van der Waals surface area contributed by atoms with E-state index >= 15 is 0 Å². The van der Waals surface area contributed by atoms with Gasteiger partial charge in [-0.25, -0.2) is 0 Å². The molecule has 1 aromatic carbocycles. The summed E-state index contributed by atoms with van der Waals surface area (Å²) in [6, 6.07) is 7.83. The Labute approximate surface area is 176 Å². The summed E-state index contributed by atoms with van der Waals surface area (Å²) in [4.78, 5) is 29.1. The molecule has 3 heterocycles. The molecule has 1 fully saturated rings. The zero-order valence-corrected chi connectivity index (χ0v) is 17.3. The van der Waals surface area contributed by atoms with Gasteiger partial charge in [-0.2, -0.15) is 9.78 Å². The number of piperazine rings is 1. The average molecular weight is 428 g/mol. The van der Waals surface area contributed by atoms with Crippen molar-refractivity contribution in [3.05, 3.63) is 51.4 Å². The summed E-state index contributed by atoms with van der Waals surface area (Å²) in [5.74, 6) is -0.459. The highest BCUT2D eigenvalue weighted by Gasteiger charge is 2.27. The van der Waals surface area contributed by atoms with Crippen molar-refractivity contribution in [2.24, 2.45) is 0 Å². The molecular formula is C19H20N6O4S. The molecule has 4 rings (SSSR count). The number of rotatable bonds is 4. The van der Waals surface area contributed by atoms with Gasteiger partial charge in [0.15, 0.2) is 11.4 Å². The lowest BCUT2D eigenvalue weighted by atomic mass is 10.2. The SMILES string of the molecule is COc1ccccc1-n1nc(C(=O)N2CCN(c3nnc(C)s3)CC2)c(O)cc1=O. The third kappa shape index (κ3) is 3.71. The maximum atomic E-state index is 13.0. The molecule has 0 saturated carbocycles. The molecule has 1 amide bonds. The molecule has 0 bridgehead atoms. The van der Waals surface area contributed by atoms with Crippen LogP contribution in [0.15, 0.2) is 35.1 Å². The van der Waals surface area contributed by atoms with Crippen LogP contribution in [-0.4, -0.2) is 69.2 Å². The molecule has 1 aliphatic rings. The Hall–Kier alpha value is -3.47. The van der Waals surface area contributed by atoms with Crippen LogP contribution in [0.1, 0.15) is 15.5 Å². The fraction of sp³-hybridized carbons (Fsp3) is 0.316. The first-order chi connectivity index (χ1) is 14.5. The smallest absolute Gasteiger partial charge is 0.278 e. The minimum atomic E-state index is -0.565. The Bertz CT molecular complexity index is 1140. The van der Waals surface area contributed by atoms with Crippen LogP contribution in [0, 0.1) is 6.92 Å². The number of carbonyl (C=O) groups is 1. The van der Waals surface area contributed by atoms with Gasteiger partial charge in [0.2, 0.25) is 5.13 Å². The molecule has 3 aromatic rings. The molecule has 1 saturated heterocycles. The number of anilines is 1. The van der Waals surface area contributed by atoms with Gasteiger partial charge in [-0.1, -0.05) is 23.5 Å². The fourth-order valence-corrected chi connectivity index (χ4v) is 3.98. The first kappa shape index (κ1) is 19.8. The van der Waals surface area contributed by atoms with Crippen LogP contribution < -0.4 is 15.2 Å². The van der Waals surface area contributed by atoms with Crippen LogP contribution in [-0.2, 0) is 0 Å². The number of hydrogen-bond donors (Lipinski definition) is 1. The topological polar surface area (TPSA) is 114 Å². The molecule has 10 nitrogen and oxygen atoms in total. The number of carbonyl (C=O) groups excluding carboxylic acids is 1. The van der Waals surface area contributed by atoms with E-state index in [2.05, 4.69) is 20.2 Å². The number of methoxy groups -OCH3 is 1. The van der Waals surface area contributed by atoms with E-state index in [1.807, 2.05) is 6.92 Å². The number of nitrogens with zero attached hydrogens (tertiary/aromatic N) is 6. The molecular weight excluding hydrogens is 408 g/mol. The van der Waals surface area contributed by atoms with Crippen molar-refractivity contribution < 1.29 is 14.6 Å². The fourth-order valence-electron chi connectivity index (χ4n) is 3.24. The van der Waals surface area contributed by atoms with Crippen LogP contribution in [0.2, 0.25) is 0 Å². The van der Waals surface area contributed by atoms with Gasteiger partial charge >= 0.3 is 0 Å². The summed E-state index contributed by atoms with van der Waals surface area (Å²) in [6.45, 7) is 3.95. The van der Waals surface area contributed by atoms with E-state index in [1.54, 1.807) is 29.2 Å². The van der Waals surface area contributed by atoms with Gasteiger partial charge in [0.05, 0.1) is 7.11 Å². The van der Waals surface area contributed by atoms with Crippen LogP contribution in [0.5, 0.6) is 11.5 Å². The summed E-state index contributed by atoms with van der Waals surface area (Å²) in [6.07, 6.45) is 0. The normalized spacial score (nSPS) is 14.1. The maximum absolute atomic E-state index is 13.0. The van der Waals surface area contributed by atoms with Crippen molar-refractivity contribution in [1.29, 1.82) is 0 Å². The van der Waals surface area contributed by atoms with Crippen LogP contribution in [0.4, 0.5) is 5.13 Å². The Morgan fingerprint density at radius 1 is 1.17 bits per heavy atom. The number of para-hydroxylation sites is 2. The molecule has 0 aliphatic carbocycles. The van der Waals surface area contributed by atoms with Crippen LogP contribution >= 0.6 is 11.3 Å². The molecule has 30 heavy (non-hydrogen) atoms. The summed E-state index contributed by atoms with van der Waals surface area (Å²) in [5.41, 5.74) is -0.360. The van der Waals surface area contributed by atoms with Crippen molar-refractivity contribution in [1.82, 2.24) is 24.9 Å². The van der Waals surface area contributed by atoms with E-state index in [-0.39, 0.29) is 5.69 Å². The Morgan fingerprint density at radius 3 is 2.57 bits per heavy atom. The van der Waals surface area contributed by atoms with E-state index in [0.717, 1.165) is 20.9 Å². The van der Waals surface area contributed by atoms with E-state index in [0.29, 0.717) is 37.6 Å².